The fourth-order valence-electron chi connectivity index (χ4n) is 4.53. The molecule has 10 nitrogen and oxygen atoms in total. The van der Waals surface area contributed by atoms with Crippen LogP contribution in [0.25, 0.3) is 56.0 Å². The van der Waals surface area contributed by atoms with Crippen LogP contribution in [0.15, 0.2) is 67.5 Å². The Morgan fingerprint density at radius 3 is 2.61 bits per heavy atom. The zero-order valence-electron chi connectivity index (χ0n) is 21.3. The Labute approximate surface area is 218 Å². The zero-order chi connectivity index (χ0) is 26.3. The number of hydrogen-bond acceptors (Lipinski definition) is 8. The molecule has 1 atom stereocenters. The predicted octanol–water partition coefficient (Wildman–Crippen LogP) is 5.19. The fraction of sp³-hybridized carbons (Fsp3) is 0.214. The van der Waals surface area contributed by atoms with Gasteiger partial charge in [0.05, 0.1) is 34.8 Å². The molecular weight excluding hydrogens is 478 g/mol. The van der Waals surface area contributed by atoms with E-state index in [2.05, 4.69) is 61.2 Å². The second-order valence-electron chi connectivity index (χ2n) is 10.5. The maximum atomic E-state index is 10.4. The van der Waals surface area contributed by atoms with Crippen molar-refractivity contribution < 1.29 is 5.11 Å². The Hall–Kier alpha value is -4.70. The molecule has 1 unspecified atom stereocenters. The van der Waals surface area contributed by atoms with Crippen molar-refractivity contribution in [1.29, 1.82) is 0 Å². The van der Waals surface area contributed by atoms with E-state index in [1.165, 1.54) is 0 Å². The molecule has 38 heavy (non-hydrogen) atoms. The minimum Gasteiger partial charge on any atom is -0.374 e. The van der Waals surface area contributed by atoms with E-state index >= 15 is 0 Å². The lowest BCUT2D eigenvalue weighted by Crippen LogP contribution is -2.25. The number of hydrogen-bond donors (Lipinski definition) is 4. The molecule has 0 saturated heterocycles. The van der Waals surface area contributed by atoms with Crippen LogP contribution in [0.4, 0.5) is 5.69 Å². The molecule has 0 radical (unpaired) electrons. The second kappa shape index (κ2) is 9.31. The summed E-state index contributed by atoms with van der Waals surface area (Å²) >= 11 is 0. The number of pyridine rings is 4. The van der Waals surface area contributed by atoms with Crippen LogP contribution in [0.3, 0.4) is 0 Å². The molecule has 0 saturated carbocycles. The van der Waals surface area contributed by atoms with E-state index in [1.54, 1.807) is 37.2 Å². The quantitative estimate of drug-likeness (QED) is 0.227. The molecule has 190 valence electrons. The monoisotopic (exact) mass is 505 g/mol. The van der Waals surface area contributed by atoms with Crippen molar-refractivity contribution in [3.8, 4) is 33.9 Å². The topological polar surface area (TPSA) is 141 Å². The SMILES string of the molecule is CC(C)(C)CC(O)Nc1cncc(-c2cc3c(-c4nc5nccc(-c6ccncc6)c5[nH]4)n[nH]c3cn2)c1. The normalized spacial score (nSPS) is 12.7. The van der Waals surface area contributed by atoms with Crippen LogP contribution >= 0.6 is 0 Å². The molecule has 6 aromatic heterocycles. The molecule has 4 N–H and O–H groups in total. The highest BCUT2D eigenvalue weighted by molar-refractivity contribution is 5.96. The van der Waals surface area contributed by atoms with Gasteiger partial charge < -0.3 is 15.4 Å². The first-order valence-electron chi connectivity index (χ1n) is 12.3. The summed E-state index contributed by atoms with van der Waals surface area (Å²) in [4.78, 5) is 25.7. The molecule has 0 spiro atoms. The number of fused-ring (bicyclic) bond motifs is 2. The molecule has 0 amide bonds. The molecule has 6 rings (SSSR count). The van der Waals surface area contributed by atoms with Gasteiger partial charge in [-0.05, 0) is 47.7 Å². The average molecular weight is 506 g/mol. The molecule has 0 fully saturated rings. The third-order valence-electron chi connectivity index (χ3n) is 6.23. The number of aliphatic hydroxyl groups excluding tert-OH is 1. The summed E-state index contributed by atoms with van der Waals surface area (Å²) < 4.78 is 0. The first-order valence-corrected chi connectivity index (χ1v) is 12.3. The number of aromatic nitrogens is 8. The third kappa shape index (κ3) is 4.69. The molecular formula is C28H27N9O. The maximum Gasteiger partial charge on any atom is 0.178 e. The van der Waals surface area contributed by atoms with Crippen LogP contribution < -0.4 is 5.32 Å². The summed E-state index contributed by atoms with van der Waals surface area (Å²) in [5, 5.41) is 22.0. The van der Waals surface area contributed by atoms with Gasteiger partial charge in [-0.1, -0.05) is 20.8 Å². The van der Waals surface area contributed by atoms with Gasteiger partial charge in [0, 0.05) is 41.3 Å². The van der Waals surface area contributed by atoms with Crippen LogP contribution in [0, 0.1) is 5.41 Å². The second-order valence-corrected chi connectivity index (χ2v) is 10.5. The van der Waals surface area contributed by atoms with Gasteiger partial charge in [-0.3, -0.25) is 20.1 Å². The third-order valence-corrected chi connectivity index (χ3v) is 6.23. The highest BCUT2D eigenvalue weighted by Crippen LogP contribution is 2.32. The number of nitrogens with one attached hydrogen (secondary N) is 3. The van der Waals surface area contributed by atoms with E-state index in [1.807, 2.05) is 30.3 Å². The smallest absolute Gasteiger partial charge is 0.178 e. The Morgan fingerprint density at radius 2 is 1.79 bits per heavy atom. The predicted molar refractivity (Wildman–Crippen MR) is 147 cm³/mol. The molecule has 0 aliphatic heterocycles. The van der Waals surface area contributed by atoms with Gasteiger partial charge in [0.25, 0.3) is 0 Å². The van der Waals surface area contributed by atoms with E-state index < -0.39 is 6.23 Å². The van der Waals surface area contributed by atoms with Gasteiger partial charge in [0.2, 0.25) is 0 Å². The summed E-state index contributed by atoms with van der Waals surface area (Å²) in [6.07, 6.45) is 10.4. The van der Waals surface area contributed by atoms with E-state index in [-0.39, 0.29) is 5.41 Å². The van der Waals surface area contributed by atoms with Gasteiger partial charge in [-0.15, -0.1) is 0 Å². The van der Waals surface area contributed by atoms with Gasteiger partial charge in [-0.25, -0.2) is 9.97 Å². The highest BCUT2D eigenvalue weighted by atomic mass is 16.3. The van der Waals surface area contributed by atoms with Crippen molar-refractivity contribution in [2.24, 2.45) is 5.41 Å². The number of rotatable bonds is 6. The van der Waals surface area contributed by atoms with Crippen molar-refractivity contribution in [2.75, 3.05) is 5.32 Å². The number of H-pyrrole nitrogens is 2. The summed E-state index contributed by atoms with van der Waals surface area (Å²) in [7, 11) is 0. The van der Waals surface area contributed by atoms with Gasteiger partial charge in [0.15, 0.2) is 11.5 Å². The van der Waals surface area contributed by atoms with Crippen LogP contribution in [0.2, 0.25) is 0 Å². The highest BCUT2D eigenvalue weighted by Gasteiger charge is 2.18. The van der Waals surface area contributed by atoms with E-state index in [0.29, 0.717) is 23.6 Å². The van der Waals surface area contributed by atoms with Crippen molar-refractivity contribution in [3.05, 3.63) is 67.5 Å². The van der Waals surface area contributed by atoms with E-state index in [0.717, 1.165) is 44.5 Å². The molecule has 0 aromatic carbocycles. The lowest BCUT2D eigenvalue weighted by Gasteiger charge is -2.23. The summed E-state index contributed by atoms with van der Waals surface area (Å²) in [5.74, 6) is 0.608. The Morgan fingerprint density at radius 1 is 0.947 bits per heavy atom. The average Bonchev–Trinajstić information content (AvgIpc) is 3.51. The van der Waals surface area contributed by atoms with Crippen LogP contribution in [0.5, 0.6) is 0 Å². The first kappa shape index (κ1) is 23.7. The van der Waals surface area contributed by atoms with Crippen LogP contribution in [-0.4, -0.2) is 51.4 Å². The number of anilines is 1. The van der Waals surface area contributed by atoms with E-state index in [9.17, 15) is 5.11 Å². The number of nitrogens with zero attached hydrogens (tertiary/aromatic N) is 6. The molecule has 6 aromatic rings. The lowest BCUT2D eigenvalue weighted by molar-refractivity contribution is 0.145. The first-order chi connectivity index (χ1) is 18.3. The standard InChI is InChI=1S/C28H27N9O/c1-28(2,3)12-23(38)33-18-10-17(13-30-14-18)21-11-20-22(15-32-21)36-37-25(20)27-34-24-19(6-9-31-26(24)35-27)16-4-7-29-8-5-16/h4-11,13-15,23,33,38H,12H2,1-3H3,(H,36,37)(H,31,34,35). The van der Waals surface area contributed by atoms with Crippen molar-refractivity contribution in [2.45, 2.75) is 33.4 Å². The number of imidazole rings is 1. The number of aromatic amines is 2. The van der Waals surface area contributed by atoms with Crippen molar-refractivity contribution in [3.63, 3.8) is 0 Å². The maximum absolute atomic E-state index is 10.4. The van der Waals surface area contributed by atoms with Gasteiger partial charge in [0.1, 0.15) is 11.9 Å². The fourth-order valence-corrected chi connectivity index (χ4v) is 4.53. The largest absolute Gasteiger partial charge is 0.374 e. The van der Waals surface area contributed by atoms with Crippen LogP contribution in [-0.2, 0) is 0 Å². The molecule has 0 bridgehead atoms. The summed E-state index contributed by atoms with van der Waals surface area (Å²) in [6, 6.07) is 9.76. The molecule has 10 heteroatoms. The van der Waals surface area contributed by atoms with Crippen LogP contribution in [0.1, 0.15) is 27.2 Å². The Balaban J connectivity index is 1.36. The minimum atomic E-state index is -0.679. The lowest BCUT2D eigenvalue weighted by atomic mass is 9.91. The zero-order valence-corrected chi connectivity index (χ0v) is 21.3. The minimum absolute atomic E-state index is 0.00697. The molecule has 0 aliphatic carbocycles. The van der Waals surface area contributed by atoms with E-state index in [4.69, 9.17) is 4.98 Å². The number of aliphatic hydroxyl groups is 1. The molecule has 6 heterocycles. The Bertz CT molecular complexity index is 1730. The summed E-state index contributed by atoms with van der Waals surface area (Å²) in [6.45, 7) is 6.27. The molecule has 0 aliphatic rings. The summed E-state index contributed by atoms with van der Waals surface area (Å²) in [5.41, 5.74) is 7.17. The Kier molecular flexibility index (Phi) is 5.80. The van der Waals surface area contributed by atoms with Crippen molar-refractivity contribution in [1.82, 2.24) is 40.1 Å². The van der Waals surface area contributed by atoms with Gasteiger partial charge in [-0.2, -0.15) is 5.10 Å². The van der Waals surface area contributed by atoms with Gasteiger partial charge >= 0.3 is 0 Å². The van der Waals surface area contributed by atoms with Crippen molar-refractivity contribution >= 4 is 27.8 Å².